The Labute approximate surface area is 87.9 Å². The third-order valence-corrected chi connectivity index (χ3v) is 2.69. The molecule has 1 N–H and O–H groups in total. The zero-order valence-electron chi connectivity index (χ0n) is 10.1. The van der Waals surface area contributed by atoms with Crippen LogP contribution in [0.3, 0.4) is 0 Å². The molecule has 2 unspecified atom stereocenters. The third kappa shape index (κ3) is 3.56. The molecule has 2 amide bonds. The van der Waals surface area contributed by atoms with Crippen molar-refractivity contribution in [1.29, 1.82) is 0 Å². The second kappa shape index (κ2) is 6.68. The van der Waals surface area contributed by atoms with Gasteiger partial charge < -0.3 is 10.2 Å². The largest absolute Gasteiger partial charge is 0.338 e. The van der Waals surface area contributed by atoms with Crippen LogP contribution >= 0.6 is 0 Å². The van der Waals surface area contributed by atoms with E-state index in [1.54, 1.807) is 0 Å². The Balaban J connectivity index is 4.45. The SMILES string of the molecule is CCNC(=O)N(C(C)CC)C(C)CC. The molecular formula is C11H24N2O. The summed E-state index contributed by atoms with van der Waals surface area (Å²) in [5.74, 6) is 0. The molecule has 0 saturated heterocycles. The zero-order chi connectivity index (χ0) is 11.1. The Kier molecular flexibility index (Phi) is 6.34. The van der Waals surface area contributed by atoms with E-state index < -0.39 is 0 Å². The fourth-order valence-corrected chi connectivity index (χ4v) is 1.47. The summed E-state index contributed by atoms with van der Waals surface area (Å²) < 4.78 is 0. The van der Waals surface area contributed by atoms with E-state index in [1.165, 1.54) is 0 Å². The lowest BCUT2D eigenvalue weighted by atomic mass is 10.1. The number of rotatable bonds is 5. The van der Waals surface area contributed by atoms with Crippen molar-refractivity contribution < 1.29 is 4.79 Å². The van der Waals surface area contributed by atoms with E-state index in [4.69, 9.17) is 0 Å². The summed E-state index contributed by atoms with van der Waals surface area (Å²) in [5, 5.41) is 2.86. The van der Waals surface area contributed by atoms with E-state index >= 15 is 0 Å². The average molecular weight is 200 g/mol. The van der Waals surface area contributed by atoms with Crippen LogP contribution in [0.2, 0.25) is 0 Å². The molecule has 3 nitrogen and oxygen atoms in total. The summed E-state index contributed by atoms with van der Waals surface area (Å²) in [5.41, 5.74) is 0. The Morgan fingerprint density at radius 1 is 1.14 bits per heavy atom. The molecule has 0 spiro atoms. The maximum absolute atomic E-state index is 11.8. The first-order chi connectivity index (χ1) is 6.58. The molecule has 3 heteroatoms. The maximum Gasteiger partial charge on any atom is 0.317 e. The number of urea groups is 1. The third-order valence-electron chi connectivity index (χ3n) is 2.69. The molecule has 0 fully saturated rings. The Bertz CT molecular complexity index is 161. The van der Waals surface area contributed by atoms with Crippen molar-refractivity contribution in [2.75, 3.05) is 6.54 Å². The van der Waals surface area contributed by atoms with Crippen LogP contribution < -0.4 is 5.32 Å². The molecule has 84 valence electrons. The molecule has 0 aromatic heterocycles. The van der Waals surface area contributed by atoms with Crippen molar-refractivity contribution in [1.82, 2.24) is 10.2 Å². The average Bonchev–Trinajstić information content (AvgIpc) is 2.17. The predicted molar refractivity (Wildman–Crippen MR) is 60.4 cm³/mol. The number of carbonyl (C=O) groups excluding carboxylic acids is 1. The first-order valence-electron chi connectivity index (χ1n) is 5.64. The molecule has 0 bridgehead atoms. The molecular weight excluding hydrogens is 176 g/mol. The number of nitrogens with zero attached hydrogens (tertiary/aromatic N) is 1. The van der Waals surface area contributed by atoms with Crippen molar-refractivity contribution >= 4 is 6.03 Å². The summed E-state index contributed by atoms with van der Waals surface area (Å²) >= 11 is 0. The van der Waals surface area contributed by atoms with E-state index in [9.17, 15) is 4.79 Å². The van der Waals surface area contributed by atoms with Gasteiger partial charge in [0.15, 0.2) is 0 Å². The van der Waals surface area contributed by atoms with Crippen LogP contribution in [0.15, 0.2) is 0 Å². The van der Waals surface area contributed by atoms with Crippen molar-refractivity contribution in [2.24, 2.45) is 0 Å². The van der Waals surface area contributed by atoms with E-state index in [-0.39, 0.29) is 6.03 Å². The van der Waals surface area contributed by atoms with Crippen LogP contribution in [-0.4, -0.2) is 29.6 Å². The molecule has 0 aliphatic carbocycles. The van der Waals surface area contributed by atoms with E-state index in [0.717, 1.165) is 12.8 Å². The van der Waals surface area contributed by atoms with Crippen LogP contribution in [0.4, 0.5) is 4.79 Å². The highest BCUT2D eigenvalue weighted by molar-refractivity contribution is 5.74. The van der Waals surface area contributed by atoms with E-state index in [2.05, 4.69) is 33.0 Å². The van der Waals surface area contributed by atoms with Crippen molar-refractivity contribution in [2.45, 2.75) is 59.5 Å². The number of hydrogen-bond donors (Lipinski definition) is 1. The number of nitrogens with one attached hydrogen (secondary N) is 1. The smallest absolute Gasteiger partial charge is 0.317 e. The van der Waals surface area contributed by atoms with Crippen molar-refractivity contribution in [3.05, 3.63) is 0 Å². The minimum Gasteiger partial charge on any atom is -0.338 e. The highest BCUT2D eigenvalue weighted by atomic mass is 16.2. The van der Waals surface area contributed by atoms with Gasteiger partial charge in [-0.1, -0.05) is 13.8 Å². The van der Waals surface area contributed by atoms with E-state index in [1.807, 2.05) is 11.8 Å². The monoisotopic (exact) mass is 200 g/mol. The summed E-state index contributed by atoms with van der Waals surface area (Å²) in [4.78, 5) is 13.7. The van der Waals surface area contributed by atoms with Gasteiger partial charge in [0, 0.05) is 18.6 Å². The summed E-state index contributed by atoms with van der Waals surface area (Å²) in [6.45, 7) is 11.1. The highest BCUT2D eigenvalue weighted by Crippen LogP contribution is 2.11. The van der Waals surface area contributed by atoms with Gasteiger partial charge in [-0.05, 0) is 33.6 Å². The summed E-state index contributed by atoms with van der Waals surface area (Å²) in [6.07, 6.45) is 2.00. The number of hydrogen-bond acceptors (Lipinski definition) is 1. The molecule has 2 atom stereocenters. The minimum absolute atomic E-state index is 0.0659. The van der Waals surface area contributed by atoms with Crippen LogP contribution in [0.25, 0.3) is 0 Å². The summed E-state index contributed by atoms with van der Waals surface area (Å²) in [7, 11) is 0. The predicted octanol–water partition coefficient (Wildman–Crippen LogP) is 2.61. The lowest BCUT2D eigenvalue weighted by Gasteiger charge is -2.33. The van der Waals surface area contributed by atoms with Crippen molar-refractivity contribution in [3.63, 3.8) is 0 Å². The molecule has 0 aliphatic rings. The normalized spacial score (nSPS) is 14.6. The van der Waals surface area contributed by atoms with Crippen LogP contribution in [0.1, 0.15) is 47.5 Å². The molecule has 0 rings (SSSR count). The maximum atomic E-state index is 11.8. The minimum atomic E-state index is 0.0659. The van der Waals surface area contributed by atoms with Crippen LogP contribution in [-0.2, 0) is 0 Å². The molecule has 0 heterocycles. The van der Waals surface area contributed by atoms with Gasteiger partial charge in [-0.25, -0.2) is 4.79 Å². The van der Waals surface area contributed by atoms with Gasteiger partial charge in [0.05, 0.1) is 0 Å². The van der Waals surface area contributed by atoms with Crippen LogP contribution in [0, 0.1) is 0 Å². The Hall–Kier alpha value is -0.730. The van der Waals surface area contributed by atoms with Gasteiger partial charge in [0.1, 0.15) is 0 Å². The number of carbonyl (C=O) groups is 1. The quantitative estimate of drug-likeness (QED) is 0.727. The lowest BCUT2D eigenvalue weighted by molar-refractivity contribution is 0.151. The lowest BCUT2D eigenvalue weighted by Crippen LogP contribution is -2.49. The van der Waals surface area contributed by atoms with Crippen molar-refractivity contribution in [3.8, 4) is 0 Å². The van der Waals surface area contributed by atoms with Crippen LogP contribution in [0.5, 0.6) is 0 Å². The van der Waals surface area contributed by atoms with Gasteiger partial charge in [-0.3, -0.25) is 0 Å². The molecule has 14 heavy (non-hydrogen) atoms. The Morgan fingerprint density at radius 2 is 1.57 bits per heavy atom. The fraction of sp³-hybridized carbons (Fsp3) is 0.909. The fourth-order valence-electron chi connectivity index (χ4n) is 1.47. The Morgan fingerprint density at radius 3 is 1.86 bits per heavy atom. The zero-order valence-corrected chi connectivity index (χ0v) is 10.1. The molecule has 0 radical (unpaired) electrons. The van der Waals surface area contributed by atoms with Gasteiger partial charge >= 0.3 is 6.03 Å². The number of amides is 2. The summed E-state index contributed by atoms with van der Waals surface area (Å²) in [6, 6.07) is 0.698. The van der Waals surface area contributed by atoms with Gasteiger partial charge in [-0.2, -0.15) is 0 Å². The molecule has 0 aliphatic heterocycles. The van der Waals surface area contributed by atoms with Gasteiger partial charge in [-0.15, -0.1) is 0 Å². The first kappa shape index (κ1) is 13.3. The molecule has 0 saturated carbocycles. The van der Waals surface area contributed by atoms with Gasteiger partial charge in [0.25, 0.3) is 0 Å². The second-order valence-electron chi connectivity index (χ2n) is 3.76. The van der Waals surface area contributed by atoms with E-state index in [0.29, 0.717) is 18.6 Å². The van der Waals surface area contributed by atoms with Gasteiger partial charge in [0.2, 0.25) is 0 Å². The topological polar surface area (TPSA) is 32.3 Å². The molecule has 0 aromatic carbocycles. The molecule has 0 aromatic rings. The first-order valence-corrected chi connectivity index (χ1v) is 5.64. The second-order valence-corrected chi connectivity index (χ2v) is 3.76. The highest BCUT2D eigenvalue weighted by Gasteiger charge is 2.22. The standard InChI is InChI=1S/C11H24N2O/c1-6-9(4)13(10(5)7-2)11(14)12-8-3/h9-10H,6-8H2,1-5H3,(H,12,14).